The molecule has 0 bridgehead atoms. The lowest BCUT2D eigenvalue weighted by atomic mass is 10.1. The van der Waals surface area contributed by atoms with E-state index in [1.807, 2.05) is 24.3 Å². The van der Waals surface area contributed by atoms with Crippen molar-refractivity contribution < 1.29 is 27.2 Å². The van der Waals surface area contributed by atoms with E-state index in [0.717, 1.165) is 11.3 Å². The van der Waals surface area contributed by atoms with Gasteiger partial charge in [-0.2, -0.15) is 0 Å². The largest absolute Gasteiger partial charge is 0.497 e. The Morgan fingerprint density at radius 3 is 2.79 bits per heavy atom. The maximum Gasteiger partial charge on any atom is 0.340 e. The van der Waals surface area contributed by atoms with Gasteiger partial charge in [-0.05, 0) is 36.4 Å². The Bertz CT molecular complexity index is 1130. The smallest absolute Gasteiger partial charge is 0.340 e. The number of ether oxygens (including phenoxy) is 2. The van der Waals surface area contributed by atoms with E-state index in [1.54, 1.807) is 18.1 Å². The lowest BCUT2D eigenvalue weighted by molar-refractivity contribution is -0.140. The first-order valence-electron chi connectivity index (χ1n) is 8.70. The summed E-state index contributed by atoms with van der Waals surface area (Å²) in [5, 5.41) is 3.98. The van der Waals surface area contributed by atoms with Crippen molar-refractivity contribution in [3.8, 4) is 17.0 Å². The normalized spacial score (nSPS) is 17.2. The van der Waals surface area contributed by atoms with Crippen LogP contribution in [0.2, 0.25) is 0 Å². The number of fused-ring (bicyclic) bond motifs is 1. The molecule has 0 spiro atoms. The summed E-state index contributed by atoms with van der Waals surface area (Å²) < 4.78 is 42.4. The standard InChI is InChI=1S/C19H17N3O6S/c1-26-15-5-2-13(3-6-15)17-10-16(28-20-17)12-27-19(23)14-4-7-18-21-29(24,25)9-8-22(18)11-14/h2-7,10-11H,8-9,12H2,1H3. The SMILES string of the molecule is COc1ccc(-c2cc(COC(=O)C3=CN4CCS(=O)(=O)N=C4C=C3)on2)cc1. The molecule has 2 aromatic rings. The number of sulfonamides is 1. The first-order valence-corrected chi connectivity index (χ1v) is 10.3. The molecule has 0 fully saturated rings. The number of carbonyl (C=O) groups excluding carboxylic acids is 1. The average Bonchev–Trinajstić information content (AvgIpc) is 3.20. The van der Waals surface area contributed by atoms with Gasteiger partial charge in [-0.15, -0.1) is 4.40 Å². The number of carbonyl (C=O) groups is 1. The van der Waals surface area contributed by atoms with Gasteiger partial charge in [0.05, 0.1) is 18.4 Å². The van der Waals surface area contributed by atoms with Crippen LogP contribution in [0.15, 0.2) is 63.2 Å². The lowest BCUT2D eigenvalue weighted by Gasteiger charge is -2.26. The van der Waals surface area contributed by atoms with Gasteiger partial charge in [0.1, 0.15) is 17.3 Å². The molecule has 0 unspecified atom stereocenters. The number of methoxy groups -OCH3 is 1. The number of nitrogens with zero attached hydrogens (tertiary/aromatic N) is 3. The van der Waals surface area contributed by atoms with E-state index in [-0.39, 0.29) is 30.3 Å². The minimum absolute atomic E-state index is 0.0809. The minimum Gasteiger partial charge on any atom is -0.497 e. The molecule has 0 atom stereocenters. The fraction of sp³-hybridized carbons (Fsp3) is 0.211. The van der Waals surface area contributed by atoms with Gasteiger partial charge in [0.25, 0.3) is 10.0 Å². The summed E-state index contributed by atoms with van der Waals surface area (Å²) in [6.07, 6.45) is 4.48. The molecule has 150 valence electrons. The number of benzene rings is 1. The van der Waals surface area contributed by atoms with Crippen molar-refractivity contribution in [2.75, 3.05) is 19.4 Å². The van der Waals surface area contributed by atoms with Gasteiger partial charge in [-0.1, -0.05) is 5.16 Å². The lowest BCUT2D eigenvalue weighted by Crippen LogP contribution is -2.37. The Balaban J connectivity index is 1.39. The second-order valence-corrected chi connectivity index (χ2v) is 8.08. The molecule has 0 saturated heterocycles. The fourth-order valence-electron chi connectivity index (χ4n) is 2.82. The number of hydrogen-bond acceptors (Lipinski definition) is 8. The summed E-state index contributed by atoms with van der Waals surface area (Å²) in [6.45, 7) is 0.151. The molecule has 9 nitrogen and oxygen atoms in total. The van der Waals surface area contributed by atoms with Crippen LogP contribution in [-0.2, 0) is 26.2 Å². The number of rotatable bonds is 5. The first kappa shape index (κ1) is 18.9. The van der Waals surface area contributed by atoms with Crippen LogP contribution in [0.1, 0.15) is 5.76 Å². The van der Waals surface area contributed by atoms with Crippen LogP contribution in [0.4, 0.5) is 0 Å². The molecular weight excluding hydrogens is 398 g/mol. The van der Waals surface area contributed by atoms with Crippen LogP contribution in [0.5, 0.6) is 5.75 Å². The number of amidine groups is 1. The van der Waals surface area contributed by atoms with Crippen LogP contribution in [0, 0.1) is 0 Å². The van der Waals surface area contributed by atoms with Crippen molar-refractivity contribution in [1.29, 1.82) is 0 Å². The predicted molar refractivity (Wildman–Crippen MR) is 103 cm³/mol. The summed E-state index contributed by atoms with van der Waals surface area (Å²) in [5.41, 5.74) is 1.75. The Morgan fingerprint density at radius 2 is 2.03 bits per heavy atom. The summed E-state index contributed by atoms with van der Waals surface area (Å²) in [6, 6.07) is 9.02. The van der Waals surface area contributed by atoms with Gasteiger partial charge < -0.3 is 18.9 Å². The third kappa shape index (κ3) is 4.21. The molecular formula is C19H17N3O6S. The zero-order valence-electron chi connectivity index (χ0n) is 15.4. The highest BCUT2D eigenvalue weighted by Crippen LogP contribution is 2.23. The highest BCUT2D eigenvalue weighted by Gasteiger charge is 2.25. The summed E-state index contributed by atoms with van der Waals surface area (Å²) in [4.78, 5) is 13.9. The summed E-state index contributed by atoms with van der Waals surface area (Å²) in [5.74, 6) is 0.758. The molecule has 0 N–H and O–H groups in total. The Labute approximate surface area is 167 Å². The Hall–Kier alpha value is -3.40. The third-order valence-electron chi connectivity index (χ3n) is 4.35. The van der Waals surface area contributed by atoms with Gasteiger partial charge in [-0.25, -0.2) is 13.2 Å². The van der Waals surface area contributed by atoms with Gasteiger partial charge >= 0.3 is 5.97 Å². The zero-order valence-corrected chi connectivity index (χ0v) is 16.3. The monoisotopic (exact) mass is 415 g/mol. The van der Waals surface area contributed by atoms with Gasteiger partial charge in [0.15, 0.2) is 12.4 Å². The van der Waals surface area contributed by atoms with E-state index >= 15 is 0 Å². The maximum atomic E-state index is 12.3. The average molecular weight is 415 g/mol. The topological polar surface area (TPSA) is 111 Å². The molecule has 10 heteroatoms. The van der Waals surface area contributed by atoms with Crippen molar-refractivity contribution >= 4 is 21.8 Å². The highest BCUT2D eigenvalue weighted by atomic mass is 32.2. The van der Waals surface area contributed by atoms with E-state index in [1.165, 1.54) is 18.4 Å². The van der Waals surface area contributed by atoms with Crippen LogP contribution >= 0.6 is 0 Å². The molecule has 29 heavy (non-hydrogen) atoms. The number of esters is 1. The van der Waals surface area contributed by atoms with Crippen molar-refractivity contribution in [2.24, 2.45) is 4.40 Å². The zero-order chi connectivity index (χ0) is 20.4. The molecule has 2 aliphatic heterocycles. The molecule has 0 aliphatic carbocycles. The quantitative estimate of drug-likeness (QED) is 0.681. The van der Waals surface area contributed by atoms with Crippen LogP contribution in [0.3, 0.4) is 0 Å². The molecule has 0 radical (unpaired) electrons. The predicted octanol–water partition coefficient (Wildman–Crippen LogP) is 1.89. The van der Waals surface area contributed by atoms with Crippen molar-refractivity contribution in [3.63, 3.8) is 0 Å². The van der Waals surface area contributed by atoms with Crippen molar-refractivity contribution in [2.45, 2.75) is 6.61 Å². The molecule has 1 aromatic heterocycles. The molecule has 0 amide bonds. The summed E-state index contributed by atoms with van der Waals surface area (Å²) in [7, 11) is -1.85. The molecule has 1 aromatic carbocycles. The van der Waals surface area contributed by atoms with Crippen LogP contribution in [-0.4, -0.2) is 49.7 Å². The number of aromatic nitrogens is 1. The second kappa shape index (κ2) is 7.55. The van der Waals surface area contributed by atoms with Gasteiger partial charge in [0.2, 0.25) is 0 Å². The first-order chi connectivity index (χ1) is 13.9. The summed E-state index contributed by atoms with van der Waals surface area (Å²) >= 11 is 0. The highest BCUT2D eigenvalue weighted by molar-refractivity contribution is 7.90. The van der Waals surface area contributed by atoms with Crippen molar-refractivity contribution in [1.82, 2.24) is 10.1 Å². The fourth-order valence-corrected chi connectivity index (χ4v) is 3.79. The second-order valence-electron chi connectivity index (χ2n) is 6.33. The molecule has 3 heterocycles. The Kier molecular flexibility index (Phi) is 4.93. The maximum absolute atomic E-state index is 12.3. The van der Waals surface area contributed by atoms with E-state index < -0.39 is 16.0 Å². The number of hydrogen-bond donors (Lipinski definition) is 0. The Morgan fingerprint density at radius 1 is 1.24 bits per heavy atom. The van der Waals surface area contributed by atoms with Gasteiger partial charge in [0, 0.05) is 24.4 Å². The van der Waals surface area contributed by atoms with Crippen LogP contribution in [0.25, 0.3) is 11.3 Å². The molecule has 4 rings (SSSR count). The van der Waals surface area contributed by atoms with Crippen LogP contribution < -0.4 is 4.74 Å². The van der Waals surface area contributed by atoms with E-state index in [2.05, 4.69) is 9.55 Å². The minimum atomic E-state index is -3.44. The molecule has 0 saturated carbocycles. The van der Waals surface area contributed by atoms with Gasteiger partial charge in [-0.3, -0.25) is 0 Å². The third-order valence-corrected chi connectivity index (χ3v) is 5.51. The van der Waals surface area contributed by atoms with E-state index in [4.69, 9.17) is 14.0 Å². The van der Waals surface area contributed by atoms with E-state index in [9.17, 15) is 13.2 Å². The molecule has 2 aliphatic rings. The van der Waals surface area contributed by atoms with E-state index in [0.29, 0.717) is 11.5 Å². The van der Waals surface area contributed by atoms with Crippen molar-refractivity contribution in [3.05, 3.63) is 60.0 Å².